The van der Waals surface area contributed by atoms with E-state index < -0.39 is 0 Å². The minimum atomic E-state index is 0.0324. The van der Waals surface area contributed by atoms with E-state index in [2.05, 4.69) is 22.2 Å². The molecule has 2 heterocycles. The average Bonchev–Trinajstić information content (AvgIpc) is 2.80. The maximum absolute atomic E-state index is 5.95. The Morgan fingerprint density at radius 2 is 2.44 bits per heavy atom. The third kappa shape index (κ3) is 2.20. The van der Waals surface area contributed by atoms with E-state index in [0.29, 0.717) is 0 Å². The molecule has 2 aromatic rings. The number of aromatic nitrogens is 2. The van der Waals surface area contributed by atoms with Gasteiger partial charge in [-0.2, -0.15) is 0 Å². The highest BCUT2D eigenvalue weighted by molar-refractivity contribution is 7.07. The molecule has 2 rings (SSSR count). The van der Waals surface area contributed by atoms with Crippen LogP contribution in [0.3, 0.4) is 0 Å². The lowest BCUT2D eigenvalue weighted by Crippen LogP contribution is -2.23. The van der Waals surface area contributed by atoms with Crippen LogP contribution in [0.15, 0.2) is 29.4 Å². The largest absolute Gasteiger partial charge is 0.398 e. The zero-order valence-corrected chi connectivity index (χ0v) is 9.87. The van der Waals surface area contributed by atoms with Gasteiger partial charge in [0.15, 0.2) is 0 Å². The van der Waals surface area contributed by atoms with Gasteiger partial charge in [-0.25, -0.2) is 4.98 Å². The second kappa shape index (κ2) is 5.05. The van der Waals surface area contributed by atoms with Crippen molar-refractivity contribution in [3.05, 3.63) is 40.6 Å². The maximum atomic E-state index is 5.95. The highest BCUT2D eigenvalue weighted by atomic mass is 32.1. The first kappa shape index (κ1) is 11.0. The fourth-order valence-corrected chi connectivity index (χ4v) is 2.18. The van der Waals surface area contributed by atoms with E-state index in [9.17, 15) is 0 Å². The number of nitrogens with one attached hydrogen (secondary N) is 1. The smallest absolute Gasteiger partial charge is 0.0795 e. The van der Waals surface area contributed by atoms with Crippen molar-refractivity contribution in [3.63, 3.8) is 0 Å². The molecule has 84 valence electrons. The molecule has 0 aliphatic rings. The van der Waals surface area contributed by atoms with Crippen LogP contribution in [-0.2, 0) is 0 Å². The molecule has 2 aromatic heterocycles. The molecule has 4 nitrogen and oxygen atoms in total. The van der Waals surface area contributed by atoms with Gasteiger partial charge in [-0.1, -0.05) is 6.92 Å². The molecular weight excluding hydrogens is 220 g/mol. The zero-order valence-electron chi connectivity index (χ0n) is 9.05. The summed E-state index contributed by atoms with van der Waals surface area (Å²) in [6, 6.07) is 1.84. The quantitative estimate of drug-likeness (QED) is 0.847. The molecule has 0 saturated carbocycles. The van der Waals surface area contributed by atoms with Crippen LogP contribution in [0.2, 0.25) is 0 Å². The Morgan fingerprint density at radius 3 is 3.06 bits per heavy atom. The SMILES string of the molecule is CCNC(c1cscn1)c1cnccc1N. The van der Waals surface area contributed by atoms with Crippen LogP contribution >= 0.6 is 11.3 Å². The Kier molecular flexibility index (Phi) is 3.48. The molecule has 0 radical (unpaired) electrons. The van der Waals surface area contributed by atoms with Crippen molar-refractivity contribution in [1.29, 1.82) is 0 Å². The van der Waals surface area contributed by atoms with E-state index in [4.69, 9.17) is 5.73 Å². The molecule has 0 spiro atoms. The summed E-state index contributed by atoms with van der Waals surface area (Å²) >= 11 is 1.58. The zero-order chi connectivity index (χ0) is 11.4. The summed E-state index contributed by atoms with van der Waals surface area (Å²) < 4.78 is 0. The van der Waals surface area contributed by atoms with Crippen LogP contribution in [0.5, 0.6) is 0 Å². The van der Waals surface area contributed by atoms with Crippen molar-refractivity contribution in [2.45, 2.75) is 13.0 Å². The van der Waals surface area contributed by atoms with E-state index in [1.807, 2.05) is 17.0 Å². The van der Waals surface area contributed by atoms with E-state index >= 15 is 0 Å². The van der Waals surface area contributed by atoms with Crippen LogP contribution in [0.1, 0.15) is 24.2 Å². The van der Waals surface area contributed by atoms with Crippen LogP contribution in [0.4, 0.5) is 5.69 Å². The Hall–Kier alpha value is -1.46. The van der Waals surface area contributed by atoms with Gasteiger partial charge in [0.2, 0.25) is 0 Å². The Morgan fingerprint density at radius 1 is 1.56 bits per heavy atom. The standard InChI is InChI=1S/C11H14N4S/c1-2-14-11(10-6-16-7-15-10)8-5-13-4-3-9(8)12/h3-7,11,14H,2H2,1H3,(H2,12,13). The Balaban J connectivity index is 2.37. The Labute approximate surface area is 98.6 Å². The predicted molar refractivity (Wildman–Crippen MR) is 66.3 cm³/mol. The van der Waals surface area contributed by atoms with Gasteiger partial charge in [0.05, 0.1) is 17.2 Å². The number of rotatable bonds is 4. The molecule has 5 heteroatoms. The van der Waals surface area contributed by atoms with Crippen LogP contribution in [-0.4, -0.2) is 16.5 Å². The van der Waals surface area contributed by atoms with Crippen molar-refractivity contribution in [2.75, 3.05) is 12.3 Å². The highest BCUT2D eigenvalue weighted by Gasteiger charge is 2.17. The van der Waals surface area contributed by atoms with Gasteiger partial charge in [-0.15, -0.1) is 11.3 Å². The second-order valence-corrected chi connectivity index (χ2v) is 4.13. The number of hydrogen-bond donors (Lipinski definition) is 2. The molecule has 16 heavy (non-hydrogen) atoms. The first-order chi connectivity index (χ1) is 7.83. The molecule has 0 bridgehead atoms. The number of nitrogens with two attached hydrogens (primary N) is 1. The summed E-state index contributed by atoms with van der Waals surface area (Å²) in [5.41, 5.74) is 10.5. The number of thiazole rings is 1. The van der Waals surface area contributed by atoms with Crippen LogP contribution < -0.4 is 11.1 Å². The number of pyridine rings is 1. The van der Waals surface area contributed by atoms with Gasteiger partial charge in [0.1, 0.15) is 0 Å². The monoisotopic (exact) mass is 234 g/mol. The first-order valence-corrected chi connectivity index (χ1v) is 6.08. The van der Waals surface area contributed by atoms with Crippen LogP contribution in [0.25, 0.3) is 0 Å². The van der Waals surface area contributed by atoms with Gasteiger partial charge < -0.3 is 11.1 Å². The van der Waals surface area contributed by atoms with Crippen molar-refractivity contribution in [2.24, 2.45) is 0 Å². The second-order valence-electron chi connectivity index (χ2n) is 3.41. The molecule has 1 unspecified atom stereocenters. The molecule has 0 aromatic carbocycles. The number of nitrogens with zero attached hydrogens (tertiary/aromatic N) is 2. The lowest BCUT2D eigenvalue weighted by atomic mass is 10.1. The van der Waals surface area contributed by atoms with Crippen molar-refractivity contribution >= 4 is 17.0 Å². The van der Waals surface area contributed by atoms with E-state index in [0.717, 1.165) is 23.5 Å². The molecule has 0 aliphatic heterocycles. The lowest BCUT2D eigenvalue weighted by molar-refractivity contribution is 0.618. The van der Waals surface area contributed by atoms with Crippen molar-refractivity contribution < 1.29 is 0 Å². The summed E-state index contributed by atoms with van der Waals surface area (Å²) in [7, 11) is 0. The summed E-state index contributed by atoms with van der Waals surface area (Å²) in [5.74, 6) is 0. The summed E-state index contributed by atoms with van der Waals surface area (Å²) in [5, 5.41) is 5.39. The molecule has 0 amide bonds. The summed E-state index contributed by atoms with van der Waals surface area (Å²) in [6.45, 7) is 2.92. The fourth-order valence-electron chi connectivity index (χ4n) is 1.60. The van der Waals surface area contributed by atoms with E-state index in [1.54, 1.807) is 23.7 Å². The van der Waals surface area contributed by atoms with Crippen molar-refractivity contribution in [3.8, 4) is 0 Å². The average molecular weight is 234 g/mol. The highest BCUT2D eigenvalue weighted by Crippen LogP contribution is 2.25. The minimum absolute atomic E-state index is 0.0324. The molecular formula is C11H14N4S. The third-order valence-corrected chi connectivity index (χ3v) is 2.96. The molecule has 1 atom stereocenters. The first-order valence-electron chi connectivity index (χ1n) is 5.13. The predicted octanol–water partition coefficient (Wildman–Crippen LogP) is 1.82. The number of nitrogen functional groups attached to an aromatic ring is 1. The number of hydrogen-bond acceptors (Lipinski definition) is 5. The third-order valence-electron chi connectivity index (χ3n) is 2.35. The van der Waals surface area contributed by atoms with Gasteiger partial charge in [0, 0.05) is 29.0 Å². The van der Waals surface area contributed by atoms with E-state index in [-0.39, 0.29) is 6.04 Å². The molecule has 0 saturated heterocycles. The number of anilines is 1. The van der Waals surface area contributed by atoms with Gasteiger partial charge >= 0.3 is 0 Å². The molecule has 0 fully saturated rings. The lowest BCUT2D eigenvalue weighted by Gasteiger charge is -2.17. The molecule has 0 aliphatic carbocycles. The maximum Gasteiger partial charge on any atom is 0.0795 e. The van der Waals surface area contributed by atoms with Crippen molar-refractivity contribution in [1.82, 2.24) is 15.3 Å². The van der Waals surface area contributed by atoms with Gasteiger partial charge in [0.25, 0.3) is 0 Å². The van der Waals surface area contributed by atoms with Gasteiger partial charge in [-0.3, -0.25) is 4.98 Å². The summed E-state index contributed by atoms with van der Waals surface area (Å²) in [6.07, 6.45) is 3.49. The Bertz CT molecular complexity index is 441. The van der Waals surface area contributed by atoms with Crippen LogP contribution in [0, 0.1) is 0 Å². The minimum Gasteiger partial charge on any atom is -0.398 e. The molecule has 3 N–H and O–H groups in total. The van der Waals surface area contributed by atoms with E-state index in [1.165, 1.54) is 0 Å². The fraction of sp³-hybridized carbons (Fsp3) is 0.273. The normalized spacial score (nSPS) is 12.6. The van der Waals surface area contributed by atoms with Gasteiger partial charge in [-0.05, 0) is 12.6 Å². The topological polar surface area (TPSA) is 63.8 Å². The summed E-state index contributed by atoms with van der Waals surface area (Å²) in [4.78, 5) is 8.44.